The van der Waals surface area contributed by atoms with Crippen LogP contribution in [0.5, 0.6) is 5.75 Å². The van der Waals surface area contributed by atoms with Crippen LogP contribution in [-0.2, 0) is 0 Å². The van der Waals surface area contributed by atoms with E-state index < -0.39 is 17.3 Å². The maximum absolute atomic E-state index is 13.5. The van der Waals surface area contributed by atoms with E-state index in [4.69, 9.17) is 16.7 Å². The summed E-state index contributed by atoms with van der Waals surface area (Å²) in [5.41, 5.74) is 0.552. The molecule has 0 fully saturated rings. The minimum absolute atomic E-state index is 0.0415. The summed E-state index contributed by atoms with van der Waals surface area (Å²) in [6, 6.07) is 8.04. The summed E-state index contributed by atoms with van der Waals surface area (Å²) >= 11 is 5.77. The first-order chi connectivity index (χ1) is 8.47. The summed E-state index contributed by atoms with van der Waals surface area (Å²) in [5.74, 6) is -2.20. The third-order valence-corrected chi connectivity index (χ3v) is 2.63. The Bertz CT molecular complexity index is 605. The highest BCUT2D eigenvalue weighted by Crippen LogP contribution is 2.28. The number of phenols is 1. The fourth-order valence-electron chi connectivity index (χ4n) is 1.61. The van der Waals surface area contributed by atoms with Gasteiger partial charge < -0.3 is 10.2 Å². The standard InChI is InChI=1S/C13H8ClFO3/c14-9-3-8(4-10(16)6-9)7-1-2-11(13(17)18)12(15)5-7/h1-6,16H,(H,17,18). The first-order valence-electron chi connectivity index (χ1n) is 5.00. The molecule has 0 aliphatic rings. The van der Waals surface area contributed by atoms with Gasteiger partial charge in [-0.2, -0.15) is 0 Å². The predicted molar refractivity (Wildman–Crippen MR) is 65.5 cm³/mol. The average molecular weight is 267 g/mol. The summed E-state index contributed by atoms with van der Waals surface area (Å²) in [4.78, 5) is 10.7. The minimum atomic E-state index is -1.33. The number of carbonyl (C=O) groups is 1. The zero-order valence-electron chi connectivity index (χ0n) is 9.02. The van der Waals surface area contributed by atoms with Crippen LogP contribution in [0.25, 0.3) is 11.1 Å². The number of aromatic carboxylic acids is 1. The second-order valence-corrected chi connectivity index (χ2v) is 4.13. The largest absolute Gasteiger partial charge is 0.508 e. The Labute approximate surface area is 107 Å². The normalized spacial score (nSPS) is 10.3. The molecule has 2 aromatic carbocycles. The summed E-state index contributed by atoms with van der Waals surface area (Å²) in [6.07, 6.45) is 0. The molecule has 0 aliphatic carbocycles. The first-order valence-corrected chi connectivity index (χ1v) is 5.38. The lowest BCUT2D eigenvalue weighted by atomic mass is 10.0. The summed E-state index contributed by atoms with van der Waals surface area (Å²) in [6.45, 7) is 0. The van der Waals surface area contributed by atoms with E-state index >= 15 is 0 Å². The second-order valence-electron chi connectivity index (χ2n) is 3.70. The third kappa shape index (κ3) is 2.43. The molecule has 0 spiro atoms. The van der Waals surface area contributed by atoms with E-state index in [1.165, 1.54) is 24.3 Å². The Morgan fingerprint density at radius 2 is 1.83 bits per heavy atom. The van der Waals surface area contributed by atoms with Crippen LogP contribution in [-0.4, -0.2) is 16.2 Å². The molecule has 0 aliphatic heterocycles. The van der Waals surface area contributed by atoms with Crippen LogP contribution in [0.2, 0.25) is 5.02 Å². The van der Waals surface area contributed by atoms with Crippen LogP contribution in [0.15, 0.2) is 36.4 Å². The molecule has 2 N–H and O–H groups in total. The van der Waals surface area contributed by atoms with Crippen LogP contribution in [0.3, 0.4) is 0 Å². The van der Waals surface area contributed by atoms with E-state index in [-0.39, 0.29) is 5.75 Å². The first kappa shape index (κ1) is 12.4. The van der Waals surface area contributed by atoms with Crippen molar-refractivity contribution >= 4 is 17.6 Å². The van der Waals surface area contributed by atoms with Crippen molar-refractivity contribution in [2.75, 3.05) is 0 Å². The van der Waals surface area contributed by atoms with Gasteiger partial charge in [0.15, 0.2) is 0 Å². The van der Waals surface area contributed by atoms with Crippen molar-refractivity contribution < 1.29 is 19.4 Å². The number of halogens is 2. The summed E-state index contributed by atoms with van der Waals surface area (Å²) in [7, 11) is 0. The maximum atomic E-state index is 13.5. The lowest BCUT2D eigenvalue weighted by molar-refractivity contribution is 0.0692. The maximum Gasteiger partial charge on any atom is 0.338 e. The number of aromatic hydroxyl groups is 1. The Morgan fingerprint density at radius 1 is 1.11 bits per heavy atom. The molecule has 0 heterocycles. The smallest absolute Gasteiger partial charge is 0.338 e. The average Bonchev–Trinajstić information content (AvgIpc) is 2.26. The molecule has 3 nitrogen and oxygen atoms in total. The lowest BCUT2D eigenvalue weighted by Crippen LogP contribution is -2.00. The van der Waals surface area contributed by atoms with Gasteiger partial charge in [-0.25, -0.2) is 9.18 Å². The van der Waals surface area contributed by atoms with Crippen LogP contribution < -0.4 is 0 Å². The van der Waals surface area contributed by atoms with Gasteiger partial charge in [-0.3, -0.25) is 0 Å². The Kier molecular flexibility index (Phi) is 3.21. The molecule has 2 rings (SSSR count). The molecule has 0 unspecified atom stereocenters. The molecule has 0 saturated carbocycles. The van der Waals surface area contributed by atoms with Crippen LogP contribution in [0.1, 0.15) is 10.4 Å². The van der Waals surface area contributed by atoms with Crippen LogP contribution in [0.4, 0.5) is 4.39 Å². The van der Waals surface area contributed by atoms with Gasteiger partial charge in [-0.1, -0.05) is 17.7 Å². The van der Waals surface area contributed by atoms with Gasteiger partial charge in [0, 0.05) is 5.02 Å². The highest BCUT2D eigenvalue weighted by Gasteiger charge is 2.11. The van der Waals surface area contributed by atoms with E-state index in [0.717, 1.165) is 6.07 Å². The second kappa shape index (κ2) is 4.66. The van der Waals surface area contributed by atoms with E-state index in [9.17, 15) is 14.3 Å². The van der Waals surface area contributed by atoms with Crippen LogP contribution >= 0.6 is 11.6 Å². The molecule has 0 bridgehead atoms. The van der Waals surface area contributed by atoms with E-state index in [1.807, 2.05) is 0 Å². The molecule has 0 aromatic heterocycles. The third-order valence-electron chi connectivity index (χ3n) is 2.42. The lowest BCUT2D eigenvalue weighted by Gasteiger charge is -2.05. The molecule has 0 amide bonds. The molecular weight excluding hydrogens is 259 g/mol. The molecular formula is C13H8ClFO3. The molecule has 18 heavy (non-hydrogen) atoms. The summed E-state index contributed by atoms with van der Waals surface area (Å²) in [5, 5.41) is 18.4. The number of hydrogen-bond acceptors (Lipinski definition) is 2. The fraction of sp³-hybridized carbons (Fsp3) is 0. The highest BCUT2D eigenvalue weighted by molar-refractivity contribution is 6.31. The number of hydrogen-bond donors (Lipinski definition) is 2. The van der Waals surface area contributed by atoms with Gasteiger partial charge in [0.05, 0.1) is 5.56 Å². The van der Waals surface area contributed by atoms with Gasteiger partial charge in [0.1, 0.15) is 11.6 Å². The predicted octanol–water partition coefficient (Wildman–Crippen LogP) is 3.55. The summed E-state index contributed by atoms with van der Waals surface area (Å²) < 4.78 is 13.5. The van der Waals surface area contributed by atoms with E-state index in [2.05, 4.69) is 0 Å². The van der Waals surface area contributed by atoms with Crippen molar-refractivity contribution in [3.8, 4) is 16.9 Å². The number of carboxylic acid groups (broad SMARTS) is 1. The fourth-order valence-corrected chi connectivity index (χ4v) is 1.84. The molecule has 5 heteroatoms. The van der Waals surface area contributed by atoms with Crippen molar-refractivity contribution in [3.63, 3.8) is 0 Å². The van der Waals surface area contributed by atoms with Crippen molar-refractivity contribution in [1.29, 1.82) is 0 Å². The van der Waals surface area contributed by atoms with Gasteiger partial charge in [-0.15, -0.1) is 0 Å². The molecule has 2 aromatic rings. The van der Waals surface area contributed by atoms with Crippen molar-refractivity contribution in [2.24, 2.45) is 0 Å². The number of carboxylic acids is 1. The number of phenolic OH excluding ortho intramolecular Hbond substituents is 1. The highest BCUT2D eigenvalue weighted by atomic mass is 35.5. The van der Waals surface area contributed by atoms with Gasteiger partial charge >= 0.3 is 5.97 Å². The van der Waals surface area contributed by atoms with Crippen molar-refractivity contribution in [2.45, 2.75) is 0 Å². The Balaban J connectivity index is 2.52. The molecule has 92 valence electrons. The monoisotopic (exact) mass is 266 g/mol. The SMILES string of the molecule is O=C(O)c1ccc(-c2cc(O)cc(Cl)c2)cc1F. The van der Waals surface area contributed by atoms with Gasteiger partial charge in [0.2, 0.25) is 0 Å². The van der Waals surface area contributed by atoms with Gasteiger partial charge in [-0.05, 0) is 41.5 Å². The molecule has 0 radical (unpaired) electrons. The Morgan fingerprint density at radius 3 is 2.39 bits per heavy atom. The van der Waals surface area contributed by atoms with Gasteiger partial charge in [0.25, 0.3) is 0 Å². The van der Waals surface area contributed by atoms with E-state index in [1.54, 1.807) is 6.07 Å². The molecule has 0 atom stereocenters. The van der Waals surface area contributed by atoms with Crippen LogP contribution in [0, 0.1) is 5.82 Å². The number of benzene rings is 2. The topological polar surface area (TPSA) is 57.5 Å². The zero-order valence-corrected chi connectivity index (χ0v) is 9.78. The van der Waals surface area contributed by atoms with Crippen molar-refractivity contribution in [1.82, 2.24) is 0 Å². The quantitative estimate of drug-likeness (QED) is 0.874. The Hall–Kier alpha value is -2.07. The zero-order chi connectivity index (χ0) is 13.3. The van der Waals surface area contributed by atoms with Crippen molar-refractivity contribution in [3.05, 3.63) is 52.8 Å². The van der Waals surface area contributed by atoms with E-state index in [0.29, 0.717) is 16.1 Å². The number of rotatable bonds is 2. The molecule has 0 saturated heterocycles. The minimum Gasteiger partial charge on any atom is -0.508 e.